The molecule has 0 saturated heterocycles. The quantitative estimate of drug-likeness (QED) is 0.806. The van der Waals surface area contributed by atoms with Crippen LogP contribution in [-0.2, 0) is 20.0 Å². The first-order valence-electron chi connectivity index (χ1n) is 9.04. The van der Waals surface area contributed by atoms with Gasteiger partial charge >= 0.3 is 0 Å². The molecular formula is C20H27N3O4. The van der Waals surface area contributed by atoms with E-state index in [0.717, 1.165) is 17.9 Å². The van der Waals surface area contributed by atoms with E-state index in [2.05, 4.69) is 25.5 Å². The Hall–Kier alpha value is -2.70. The molecule has 1 aliphatic rings. The topological polar surface area (TPSA) is 65.8 Å². The van der Waals surface area contributed by atoms with Crippen LogP contribution in [0.15, 0.2) is 12.1 Å². The van der Waals surface area contributed by atoms with E-state index in [1.807, 2.05) is 4.90 Å². The number of methoxy groups -OCH3 is 3. The fourth-order valence-corrected chi connectivity index (χ4v) is 3.63. The van der Waals surface area contributed by atoms with Crippen LogP contribution in [0.5, 0.6) is 17.2 Å². The van der Waals surface area contributed by atoms with Crippen molar-refractivity contribution in [2.45, 2.75) is 32.7 Å². The monoisotopic (exact) mass is 373 g/mol. The van der Waals surface area contributed by atoms with Crippen LogP contribution >= 0.6 is 0 Å². The van der Waals surface area contributed by atoms with Gasteiger partial charge in [-0.3, -0.25) is 4.79 Å². The third kappa shape index (κ3) is 3.34. The molecule has 3 rings (SSSR count). The first kappa shape index (κ1) is 19.1. The summed E-state index contributed by atoms with van der Waals surface area (Å²) < 4.78 is 18.2. The van der Waals surface area contributed by atoms with E-state index >= 15 is 0 Å². The van der Waals surface area contributed by atoms with E-state index < -0.39 is 0 Å². The van der Waals surface area contributed by atoms with Gasteiger partial charge in [-0.05, 0) is 12.1 Å². The highest BCUT2D eigenvalue weighted by Gasteiger charge is 2.28. The summed E-state index contributed by atoms with van der Waals surface area (Å²) in [5, 5.41) is 0. The summed E-state index contributed by atoms with van der Waals surface area (Å²) in [5.74, 6) is 2.75. The van der Waals surface area contributed by atoms with Gasteiger partial charge in [-0.25, -0.2) is 4.98 Å². The van der Waals surface area contributed by atoms with Crippen molar-refractivity contribution in [3.05, 3.63) is 34.9 Å². The number of fused-ring (bicyclic) bond motifs is 1. The summed E-state index contributed by atoms with van der Waals surface area (Å²) in [6, 6.07) is 3.38. The van der Waals surface area contributed by atoms with Crippen molar-refractivity contribution in [1.82, 2.24) is 14.5 Å². The van der Waals surface area contributed by atoms with Crippen molar-refractivity contribution in [3.63, 3.8) is 0 Å². The number of nitrogens with zero attached hydrogens (tertiary/aromatic N) is 3. The van der Waals surface area contributed by atoms with Crippen molar-refractivity contribution < 1.29 is 19.0 Å². The number of imidazole rings is 1. The number of benzene rings is 1. The summed E-state index contributed by atoms with van der Waals surface area (Å²) in [7, 11) is 6.68. The molecule has 7 nitrogen and oxygen atoms in total. The van der Waals surface area contributed by atoms with Crippen molar-refractivity contribution in [3.8, 4) is 17.2 Å². The molecule has 1 aromatic carbocycles. The average Bonchev–Trinajstić information content (AvgIpc) is 3.02. The number of carbonyl (C=O) groups is 1. The number of ether oxygens (including phenoxy) is 3. The lowest BCUT2D eigenvalue weighted by Gasteiger charge is -2.27. The van der Waals surface area contributed by atoms with Gasteiger partial charge in [-0.15, -0.1) is 0 Å². The second-order valence-corrected chi connectivity index (χ2v) is 6.97. The molecule has 1 aromatic heterocycles. The van der Waals surface area contributed by atoms with Gasteiger partial charge in [-0.1, -0.05) is 13.8 Å². The minimum Gasteiger partial charge on any atom is -0.493 e. The molecule has 0 spiro atoms. The van der Waals surface area contributed by atoms with E-state index in [-0.39, 0.29) is 5.91 Å². The second kappa shape index (κ2) is 7.50. The third-order valence-electron chi connectivity index (χ3n) is 5.01. The van der Waals surface area contributed by atoms with Gasteiger partial charge in [0.1, 0.15) is 5.82 Å². The minimum absolute atomic E-state index is 0.0725. The maximum atomic E-state index is 13.1. The number of rotatable bonds is 5. The molecule has 1 aliphatic heterocycles. The van der Waals surface area contributed by atoms with Crippen LogP contribution in [0.4, 0.5) is 0 Å². The Morgan fingerprint density at radius 3 is 2.26 bits per heavy atom. The van der Waals surface area contributed by atoms with Gasteiger partial charge in [0.25, 0.3) is 5.91 Å². The van der Waals surface area contributed by atoms with E-state index in [1.165, 1.54) is 5.69 Å². The van der Waals surface area contributed by atoms with Crippen LogP contribution in [0.1, 0.15) is 47.3 Å². The maximum absolute atomic E-state index is 13.1. The zero-order valence-corrected chi connectivity index (χ0v) is 16.8. The molecule has 27 heavy (non-hydrogen) atoms. The molecule has 0 fully saturated rings. The summed E-state index contributed by atoms with van der Waals surface area (Å²) in [4.78, 5) is 19.7. The van der Waals surface area contributed by atoms with Gasteiger partial charge in [0, 0.05) is 37.2 Å². The molecule has 0 radical (unpaired) electrons. The second-order valence-electron chi connectivity index (χ2n) is 6.97. The number of hydrogen-bond donors (Lipinski definition) is 0. The zero-order valence-electron chi connectivity index (χ0n) is 16.8. The molecule has 0 unspecified atom stereocenters. The van der Waals surface area contributed by atoms with E-state index in [1.54, 1.807) is 33.5 Å². The third-order valence-corrected chi connectivity index (χ3v) is 5.01. The summed E-state index contributed by atoms with van der Waals surface area (Å²) in [6.07, 6.45) is 0.793. The first-order chi connectivity index (χ1) is 12.9. The molecule has 7 heteroatoms. The fourth-order valence-electron chi connectivity index (χ4n) is 3.63. The maximum Gasteiger partial charge on any atom is 0.254 e. The Labute approximate surface area is 159 Å². The normalized spacial score (nSPS) is 13.5. The smallest absolute Gasteiger partial charge is 0.254 e. The molecule has 146 valence electrons. The van der Waals surface area contributed by atoms with E-state index in [4.69, 9.17) is 19.2 Å². The summed E-state index contributed by atoms with van der Waals surface area (Å²) >= 11 is 0. The van der Waals surface area contributed by atoms with Gasteiger partial charge in [0.2, 0.25) is 5.75 Å². The molecule has 2 heterocycles. The molecule has 0 atom stereocenters. The largest absolute Gasteiger partial charge is 0.493 e. The lowest BCUT2D eigenvalue weighted by atomic mass is 10.1. The highest BCUT2D eigenvalue weighted by Crippen LogP contribution is 2.38. The highest BCUT2D eigenvalue weighted by molar-refractivity contribution is 5.95. The lowest BCUT2D eigenvalue weighted by Crippen LogP contribution is -2.36. The van der Waals surface area contributed by atoms with Gasteiger partial charge < -0.3 is 23.7 Å². The summed E-state index contributed by atoms with van der Waals surface area (Å²) in [5.41, 5.74) is 2.70. The first-order valence-corrected chi connectivity index (χ1v) is 9.04. The van der Waals surface area contributed by atoms with Crippen LogP contribution < -0.4 is 14.2 Å². The number of hydrogen-bond acceptors (Lipinski definition) is 5. The van der Waals surface area contributed by atoms with Crippen molar-refractivity contribution >= 4 is 5.91 Å². The fraction of sp³-hybridized carbons (Fsp3) is 0.500. The van der Waals surface area contributed by atoms with Crippen molar-refractivity contribution in [2.75, 3.05) is 27.9 Å². The predicted molar refractivity (Wildman–Crippen MR) is 102 cm³/mol. The van der Waals surface area contributed by atoms with Crippen molar-refractivity contribution in [2.24, 2.45) is 7.05 Å². The Bertz CT molecular complexity index is 832. The number of aromatic nitrogens is 2. The Morgan fingerprint density at radius 1 is 1.11 bits per heavy atom. The predicted octanol–water partition coefficient (Wildman–Crippen LogP) is 2.77. The zero-order chi connectivity index (χ0) is 19.7. The van der Waals surface area contributed by atoms with Gasteiger partial charge in [0.05, 0.1) is 33.6 Å². The van der Waals surface area contributed by atoms with Gasteiger partial charge in [0.15, 0.2) is 11.5 Å². The van der Waals surface area contributed by atoms with E-state index in [0.29, 0.717) is 41.8 Å². The summed E-state index contributed by atoms with van der Waals surface area (Å²) in [6.45, 7) is 5.42. The number of carbonyl (C=O) groups excluding carboxylic acids is 1. The molecular weight excluding hydrogens is 346 g/mol. The Kier molecular flexibility index (Phi) is 5.30. The van der Waals surface area contributed by atoms with Crippen LogP contribution in [0, 0.1) is 0 Å². The van der Waals surface area contributed by atoms with Gasteiger partial charge in [-0.2, -0.15) is 0 Å². The average molecular weight is 373 g/mol. The van der Waals surface area contributed by atoms with Crippen LogP contribution in [0.3, 0.4) is 0 Å². The molecule has 0 bridgehead atoms. The lowest BCUT2D eigenvalue weighted by molar-refractivity contribution is 0.0730. The van der Waals surface area contributed by atoms with Crippen molar-refractivity contribution in [1.29, 1.82) is 0 Å². The number of amides is 1. The minimum atomic E-state index is -0.0725. The molecule has 0 saturated carbocycles. The SMILES string of the molecule is COc1cc(C(=O)N2CCc3c(nc(C(C)C)n3C)C2)cc(OC)c1OC. The molecule has 0 N–H and O–H groups in total. The highest BCUT2D eigenvalue weighted by atomic mass is 16.5. The Balaban J connectivity index is 1.90. The molecule has 2 aromatic rings. The standard InChI is InChI=1S/C20H27N3O4/c1-12(2)19-21-14-11-23(8-7-15(14)22(19)3)20(24)13-9-16(25-4)18(27-6)17(10-13)26-5/h9-10,12H,7-8,11H2,1-6H3. The van der Waals surface area contributed by atoms with Crippen LogP contribution in [0.2, 0.25) is 0 Å². The molecule has 1 amide bonds. The molecule has 0 aliphatic carbocycles. The van der Waals surface area contributed by atoms with E-state index in [9.17, 15) is 4.79 Å². The van der Waals surface area contributed by atoms with Crippen LogP contribution in [-0.4, -0.2) is 48.2 Å². The Morgan fingerprint density at radius 2 is 1.74 bits per heavy atom. The van der Waals surface area contributed by atoms with Crippen LogP contribution in [0.25, 0.3) is 0 Å².